The zero-order valence-corrected chi connectivity index (χ0v) is 19.7. The zero-order chi connectivity index (χ0) is 25.5. The molecule has 2 saturated carbocycles. The molecule has 1 aromatic rings. The number of amides is 4. The van der Waals surface area contributed by atoms with E-state index in [1.807, 2.05) is 6.92 Å². The maximum absolute atomic E-state index is 13.3. The fourth-order valence-corrected chi connectivity index (χ4v) is 4.38. The minimum atomic E-state index is -3.08. The highest BCUT2D eigenvalue weighted by Crippen LogP contribution is 2.49. The Labute approximate surface area is 205 Å². The second-order valence-corrected chi connectivity index (χ2v) is 10.0. The van der Waals surface area contributed by atoms with Crippen LogP contribution in [0.1, 0.15) is 49.4 Å². The normalized spacial score (nSPS) is 26.3. The van der Waals surface area contributed by atoms with Gasteiger partial charge in [-0.15, -0.1) is 0 Å². The first-order valence-electron chi connectivity index (χ1n) is 11.5. The van der Waals surface area contributed by atoms with Crippen LogP contribution >= 0.6 is 11.6 Å². The molecule has 1 aliphatic heterocycles. The van der Waals surface area contributed by atoms with Crippen molar-refractivity contribution in [1.29, 1.82) is 0 Å². The third-order valence-corrected chi connectivity index (χ3v) is 6.69. The summed E-state index contributed by atoms with van der Waals surface area (Å²) in [4.78, 5) is 50.2. The average molecular weight is 513 g/mol. The van der Waals surface area contributed by atoms with E-state index in [2.05, 4.69) is 21.3 Å². The quantitative estimate of drug-likeness (QED) is 0.342. The lowest BCUT2D eigenvalue weighted by Crippen LogP contribution is -2.52. The molecular formula is C23H27ClF2N4O5. The van der Waals surface area contributed by atoms with Crippen molar-refractivity contribution in [1.82, 2.24) is 16.0 Å². The Balaban J connectivity index is 1.52. The average Bonchev–Trinajstić information content (AvgIpc) is 3.68. The second-order valence-electron chi connectivity index (χ2n) is 9.58. The number of aliphatic hydroxyl groups excluding tert-OH is 1. The molecule has 0 bridgehead atoms. The number of hydrogen-bond acceptors (Lipinski definition) is 5. The molecule has 0 radical (unpaired) electrons. The predicted octanol–water partition coefficient (Wildman–Crippen LogP) is 1.59. The first-order valence-corrected chi connectivity index (χ1v) is 11.9. The summed E-state index contributed by atoms with van der Waals surface area (Å²) in [5, 5.41) is 21.2. The summed E-state index contributed by atoms with van der Waals surface area (Å²) in [7, 11) is 0. The van der Waals surface area contributed by atoms with Crippen molar-refractivity contribution in [3.63, 3.8) is 0 Å². The summed E-state index contributed by atoms with van der Waals surface area (Å²) >= 11 is 6.02. The maximum Gasteiger partial charge on any atom is 0.260 e. The summed E-state index contributed by atoms with van der Waals surface area (Å²) in [5.74, 6) is -7.72. The van der Waals surface area contributed by atoms with Crippen LogP contribution in [0.5, 0.6) is 0 Å². The highest BCUT2D eigenvalue weighted by atomic mass is 35.5. The van der Waals surface area contributed by atoms with Gasteiger partial charge in [0.1, 0.15) is 5.92 Å². The molecule has 190 valence electrons. The van der Waals surface area contributed by atoms with E-state index in [0.29, 0.717) is 6.42 Å². The third kappa shape index (κ3) is 6.07. The van der Waals surface area contributed by atoms with Gasteiger partial charge in [0, 0.05) is 29.4 Å². The number of rotatable bonds is 9. The first kappa shape index (κ1) is 25.3. The lowest BCUT2D eigenvalue weighted by atomic mass is 9.93. The zero-order valence-electron chi connectivity index (χ0n) is 18.9. The summed E-state index contributed by atoms with van der Waals surface area (Å²) < 4.78 is 26.6. The van der Waals surface area contributed by atoms with E-state index in [1.165, 1.54) is 18.2 Å². The Morgan fingerprint density at radius 1 is 1.29 bits per heavy atom. The Bertz CT molecular complexity index is 1050. The van der Waals surface area contributed by atoms with E-state index in [1.54, 1.807) is 0 Å². The van der Waals surface area contributed by atoms with Crippen LogP contribution in [0.3, 0.4) is 0 Å². The Morgan fingerprint density at radius 3 is 2.54 bits per heavy atom. The third-order valence-electron chi connectivity index (χ3n) is 6.45. The molecule has 5 atom stereocenters. The van der Waals surface area contributed by atoms with Crippen LogP contribution in [0.15, 0.2) is 18.2 Å². The van der Waals surface area contributed by atoms with Crippen molar-refractivity contribution in [2.24, 2.45) is 11.8 Å². The monoisotopic (exact) mass is 512 g/mol. The predicted molar refractivity (Wildman–Crippen MR) is 122 cm³/mol. The van der Waals surface area contributed by atoms with Gasteiger partial charge in [0.05, 0.1) is 17.3 Å². The first-order chi connectivity index (χ1) is 16.4. The van der Waals surface area contributed by atoms with Crippen molar-refractivity contribution in [3.05, 3.63) is 28.8 Å². The molecule has 5 N–H and O–H groups in total. The van der Waals surface area contributed by atoms with Crippen LogP contribution < -0.4 is 21.3 Å². The molecule has 4 rings (SSSR count). The van der Waals surface area contributed by atoms with E-state index in [-0.39, 0.29) is 40.7 Å². The van der Waals surface area contributed by atoms with E-state index >= 15 is 0 Å². The molecule has 1 aromatic carbocycles. The van der Waals surface area contributed by atoms with Crippen molar-refractivity contribution >= 4 is 40.9 Å². The highest BCUT2D eigenvalue weighted by molar-refractivity contribution is 6.31. The molecule has 1 unspecified atom stereocenters. The number of hydrogen-bond donors (Lipinski definition) is 5. The largest absolute Gasteiger partial charge is 0.381 e. The molecular weight excluding hydrogens is 486 g/mol. The van der Waals surface area contributed by atoms with Gasteiger partial charge < -0.3 is 26.4 Å². The molecule has 12 heteroatoms. The molecule has 4 amide bonds. The number of carbonyl (C=O) groups is 4. The Hall–Kier alpha value is -2.79. The van der Waals surface area contributed by atoms with Crippen LogP contribution in [0, 0.1) is 11.8 Å². The van der Waals surface area contributed by atoms with Gasteiger partial charge in [-0.25, -0.2) is 8.78 Å². The summed E-state index contributed by atoms with van der Waals surface area (Å²) in [6.45, 7) is 1.83. The van der Waals surface area contributed by atoms with Crippen LogP contribution in [-0.2, 0) is 14.4 Å². The number of halogens is 3. The summed E-state index contributed by atoms with van der Waals surface area (Å²) in [5.41, 5.74) is -0.165. The van der Waals surface area contributed by atoms with Crippen molar-refractivity contribution in [2.75, 3.05) is 5.32 Å². The van der Waals surface area contributed by atoms with Crippen LogP contribution in [0.25, 0.3) is 0 Å². The van der Waals surface area contributed by atoms with Crippen molar-refractivity contribution in [2.45, 2.75) is 69.2 Å². The van der Waals surface area contributed by atoms with Crippen LogP contribution in [0.2, 0.25) is 5.02 Å². The number of nitrogens with one attached hydrogen (secondary N) is 4. The Kier molecular flexibility index (Phi) is 7.01. The lowest BCUT2D eigenvalue weighted by Gasteiger charge is -2.26. The molecule has 1 saturated heterocycles. The summed E-state index contributed by atoms with van der Waals surface area (Å²) in [6.07, 6.45) is -0.146. The number of anilines is 1. The number of carbonyl (C=O) groups excluding carboxylic acids is 4. The molecule has 35 heavy (non-hydrogen) atoms. The van der Waals surface area contributed by atoms with Gasteiger partial charge in [-0.05, 0) is 50.8 Å². The van der Waals surface area contributed by atoms with E-state index in [4.69, 9.17) is 11.6 Å². The molecule has 0 spiro atoms. The van der Waals surface area contributed by atoms with Gasteiger partial charge in [-0.1, -0.05) is 11.6 Å². The number of alkyl halides is 2. The topological polar surface area (TPSA) is 137 Å². The Morgan fingerprint density at radius 2 is 1.97 bits per heavy atom. The van der Waals surface area contributed by atoms with Gasteiger partial charge in [-0.2, -0.15) is 0 Å². The molecule has 3 aliphatic rings. The fraction of sp³-hybridized carbons (Fsp3) is 0.565. The van der Waals surface area contributed by atoms with Crippen LogP contribution in [0.4, 0.5) is 14.5 Å². The van der Waals surface area contributed by atoms with Crippen molar-refractivity contribution < 1.29 is 33.1 Å². The molecule has 2 aliphatic carbocycles. The van der Waals surface area contributed by atoms with Crippen LogP contribution in [-0.4, -0.2) is 58.9 Å². The molecule has 9 nitrogen and oxygen atoms in total. The van der Waals surface area contributed by atoms with Gasteiger partial charge in [0.2, 0.25) is 11.8 Å². The number of aliphatic hydroxyl groups is 1. The summed E-state index contributed by atoms with van der Waals surface area (Å²) in [6, 6.07) is 2.70. The van der Waals surface area contributed by atoms with Gasteiger partial charge >= 0.3 is 0 Å². The van der Waals surface area contributed by atoms with E-state index < -0.39 is 54.0 Å². The maximum atomic E-state index is 13.3. The van der Waals surface area contributed by atoms with Gasteiger partial charge in [0.15, 0.2) is 6.10 Å². The molecule has 3 fully saturated rings. The minimum absolute atomic E-state index is 0.00226. The standard InChI is InChI=1S/C23H27ClF2N4O5/c1-10-6-11(19(32)27-10)7-17(18(31)22(35)28-13-3-4-13)30-20(33)14-8-12(24)2-5-16(14)29-21(34)15-9-23(15,25)26/h2,5,8,10-11,13,15,17-18,31H,3-4,6-7,9H2,1H3,(H,27,32)(H,28,35)(H,29,34)(H,30,33)/t10-,11+,15-,17+,18?/m1/s1. The van der Waals surface area contributed by atoms with E-state index in [0.717, 1.165) is 12.8 Å². The molecule has 0 aromatic heterocycles. The SMILES string of the molecule is C[C@@H]1C[C@@H](C[C@H](NC(=O)c2cc(Cl)ccc2NC(=O)[C@H]2CC2(F)F)C(O)C(=O)NC2CC2)C(=O)N1. The number of benzene rings is 1. The highest BCUT2D eigenvalue weighted by Gasteiger charge is 2.61. The van der Waals surface area contributed by atoms with E-state index in [9.17, 15) is 33.1 Å². The van der Waals surface area contributed by atoms with Crippen molar-refractivity contribution in [3.8, 4) is 0 Å². The van der Waals surface area contributed by atoms with Gasteiger partial charge in [0.25, 0.3) is 17.7 Å². The second kappa shape index (κ2) is 9.69. The molecule has 1 heterocycles. The van der Waals surface area contributed by atoms with Gasteiger partial charge in [-0.3, -0.25) is 19.2 Å². The fourth-order valence-electron chi connectivity index (χ4n) is 4.20. The lowest BCUT2D eigenvalue weighted by molar-refractivity contribution is -0.132. The minimum Gasteiger partial charge on any atom is -0.381 e. The smallest absolute Gasteiger partial charge is 0.260 e.